The molecule has 0 aromatic carbocycles. The number of hydrogen-bond acceptors (Lipinski definition) is 6. The van der Waals surface area contributed by atoms with E-state index in [-0.39, 0.29) is 11.2 Å². The van der Waals surface area contributed by atoms with E-state index in [4.69, 9.17) is 0 Å². The summed E-state index contributed by atoms with van der Waals surface area (Å²) in [4.78, 5) is 21.2. The maximum absolute atomic E-state index is 12.3. The minimum atomic E-state index is -0.351. The Balaban J connectivity index is 1.74. The summed E-state index contributed by atoms with van der Waals surface area (Å²) in [5.74, 6) is -0.127. The molecule has 2 aromatic heterocycles. The SMILES string of the molecule is Cc1csc(NC(=O)C(C)Sc2nc3c(cc2C#N)CCCC3)n1. The zero-order valence-electron chi connectivity index (χ0n) is 13.6. The van der Waals surface area contributed by atoms with Crippen molar-refractivity contribution in [2.75, 3.05) is 5.32 Å². The zero-order valence-corrected chi connectivity index (χ0v) is 15.3. The van der Waals surface area contributed by atoms with Gasteiger partial charge in [-0.25, -0.2) is 9.97 Å². The number of thioether (sulfide) groups is 1. The lowest BCUT2D eigenvalue weighted by molar-refractivity contribution is -0.115. The molecule has 0 saturated heterocycles. The van der Waals surface area contributed by atoms with Crippen LogP contribution in [0.4, 0.5) is 5.13 Å². The number of carbonyl (C=O) groups is 1. The van der Waals surface area contributed by atoms with E-state index in [9.17, 15) is 10.1 Å². The van der Waals surface area contributed by atoms with Crippen molar-refractivity contribution >= 4 is 34.1 Å². The van der Waals surface area contributed by atoms with Gasteiger partial charge in [0.2, 0.25) is 5.91 Å². The predicted octanol–water partition coefficient (Wildman–Crippen LogP) is 3.72. The number of pyridine rings is 1. The summed E-state index contributed by atoms with van der Waals surface area (Å²) in [5, 5.41) is 15.0. The molecule has 1 unspecified atom stereocenters. The molecule has 5 nitrogen and oxygen atoms in total. The van der Waals surface area contributed by atoms with Gasteiger partial charge >= 0.3 is 0 Å². The van der Waals surface area contributed by atoms with Gasteiger partial charge < -0.3 is 5.32 Å². The molecule has 7 heteroatoms. The summed E-state index contributed by atoms with van der Waals surface area (Å²) in [5.41, 5.74) is 3.70. The van der Waals surface area contributed by atoms with Crippen LogP contribution in [0.3, 0.4) is 0 Å². The minimum Gasteiger partial charge on any atom is -0.301 e. The number of rotatable bonds is 4. The Morgan fingerprint density at radius 1 is 1.42 bits per heavy atom. The Labute approximate surface area is 149 Å². The monoisotopic (exact) mass is 358 g/mol. The van der Waals surface area contributed by atoms with Gasteiger partial charge in [0.25, 0.3) is 0 Å². The number of aryl methyl sites for hydroxylation is 3. The third-order valence-electron chi connectivity index (χ3n) is 3.89. The van der Waals surface area contributed by atoms with Crippen LogP contribution in [-0.4, -0.2) is 21.1 Å². The molecular weight excluding hydrogens is 340 g/mol. The highest BCUT2D eigenvalue weighted by Gasteiger charge is 2.21. The molecule has 24 heavy (non-hydrogen) atoms. The summed E-state index contributed by atoms with van der Waals surface area (Å²) in [6, 6.07) is 4.16. The molecule has 1 aliphatic rings. The van der Waals surface area contributed by atoms with Crippen molar-refractivity contribution in [2.24, 2.45) is 0 Å². The topological polar surface area (TPSA) is 78.7 Å². The van der Waals surface area contributed by atoms with Gasteiger partial charge in [-0.2, -0.15) is 5.26 Å². The first-order chi connectivity index (χ1) is 11.6. The molecule has 0 aliphatic heterocycles. The molecule has 1 amide bonds. The Kier molecular flexibility index (Phi) is 5.17. The van der Waals surface area contributed by atoms with Crippen molar-refractivity contribution in [1.82, 2.24) is 9.97 Å². The fourth-order valence-corrected chi connectivity index (χ4v) is 4.21. The summed E-state index contributed by atoms with van der Waals surface area (Å²) in [6.45, 7) is 3.71. The Morgan fingerprint density at radius 3 is 2.92 bits per heavy atom. The van der Waals surface area contributed by atoms with Gasteiger partial charge in [0.05, 0.1) is 16.5 Å². The van der Waals surface area contributed by atoms with E-state index in [0.29, 0.717) is 15.7 Å². The van der Waals surface area contributed by atoms with Gasteiger partial charge in [-0.05, 0) is 51.2 Å². The average molecular weight is 358 g/mol. The van der Waals surface area contributed by atoms with Crippen LogP contribution >= 0.6 is 23.1 Å². The Morgan fingerprint density at radius 2 is 2.21 bits per heavy atom. The molecule has 1 atom stereocenters. The molecule has 2 heterocycles. The second kappa shape index (κ2) is 7.32. The largest absolute Gasteiger partial charge is 0.301 e. The Hall–Kier alpha value is -1.91. The number of aromatic nitrogens is 2. The van der Waals surface area contributed by atoms with Crippen LogP contribution in [0.15, 0.2) is 16.5 Å². The highest BCUT2D eigenvalue weighted by molar-refractivity contribution is 8.00. The first-order valence-electron chi connectivity index (χ1n) is 7.89. The number of anilines is 1. The normalized spacial score (nSPS) is 14.5. The molecule has 0 fully saturated rings. The van der Waals surface area contributed by atoms with E-state index in [1.807, 2.05) is 25.3 Å². The average Bonchev–Trinajstić information content (AvgIpc) is 2.99. The molecule has 0 bridgehead atoms. The zero-order chi connectivity index (χ0) is 17.1. The molecule has 124 valence electrons. The van der Waals surface area contributed by atoms with Gasteiger partial charge in [0.15, 0.2) is 5.13 Å². The molecule has 1 N–H and O–H groups in total. The summed E-state index contributed by atoms with van der Waals surface area (Å²) in [6.07, 6.45) is 4.22. The van der Waals surface area contributed by atoms with Crippen molar-refractivity contribution in [3.8, 4) is 6.07 Å². The van der Waals surface area contributed by atoms with Gasteiger partial charge in [0, 0.05) is 11.1 Å². The van der Waals surface area contributed by atoms with E-state index in [0.717, 1.165) is 37.1 Å². The fourth-order valence-electron chi connectivity index (χ4n) is 2.62. The van der Waals surface area contributed by atoms with E-state index >= 15 is 0 Å². The third kappa shape index (κ3) is 3.77. The summed E-state index contributed by atoms with van der Waals surface area (Å²) >= 11 is 2.74. The maximum atomic E-state index is 12.3. The van der Waals surface area contributed by atoms with E-state index in [1.54, 1.807) is 0 Å². The number of thiazole rings is 1. The van der Waals surface area contributed by atoms with Crippen LogP contribution in [0, 0.1) is 18.3 Å². The van der Waals surface area contributed by atoms with Gasteiger partial charge in [-0.15, -0.1) is 11.3 Å². The predicted molar refractivity (Wildman–Crippen MR) is 96.4 cm³/mol. The molecule has 3 rings (SSSR count). The number of nitrogens with one attached hydrogen (secondary N) is 1. The van der Waals surface area contributed by atoms with E-state index < -0.39 is 0 Å². The molecule has 2 aromatic rings. The van der Waals surface area contributed by atoms with Gasteiger partial charge in [-0.1, -0.05) is 11.8 Å². The molecule has 1 aliphatic carbocycles. The second-order valence-corrected chi connectivity index (χ2v) is 8.00. The quantitative estimate of drug-likeness (QED) is 0.843. The van der Waals surface area contributed by atoms with Gasteiger partial charge in [-0.3, -0.25) is 4.79 Å². The van der Waals surface area contributed by atoms with Crippen molar-refractivity contribution in [3.05, 3.63) is 34.0 Å². The van der Waals surface area contributed by atoms with Gasteiger partial charge in [0.1, 0.15) is 11.1 Å². The lowest BCUT2D eigenvalue weighted by atomic mass is 9.95. The van der Waals surface area contributed by atoms with E-state index in [2.05, 4.69) is 21.4 Å². The smallest absolute Gasteiger partial charge is 0.239 e. The molecule has 0 saturated carbocycles. The fraction of sp³-hybridized carbons (Fsp3) is 0.412. The number of carbonyl (C=O) groups excluding carboxylic acids is 1. The standard InChI is InChI=1S/C17H18N4OS2/c1-10-9-23-17(19-10)21-15(22)11(2)24-16-13(8-18)7-12-5-3-4-6-14(12)20-16/h7,9,11H,3-6H2,1-2H3,(H,19,21,22). The number of fused-ring (bicyclic) bond motifs is 1. The Bertz CT molecular complexity index is 809. The van der Waals surface area contributed by atoms with Crippen LogP contribution in [0.5, 0.6) is 0 Å². The lowest BCUT2D eigenvalue weighted by Crippen LogP contribution is -2.22. The van der Waals surface area contributed by atoms with E-state index in [1.165, 1.54) is 28.7 Å². The van der Waals surface area contributed by atoms with Crippen molar-refractivity contribution in [3.63, 3.8) is 0 Å². The first-order valence-corrected chi connectivity index (χ1v) is 9.65. The first kappa shape index (κ1) is 16.9. The van der Waals surface area contributed by atoms with Crippen LogP contribution in [0.2, 0.25) is 0 Å². The third-order valence-corrected chi connectivity index (χ3v) is 5.87. The van der Waals surface area contributed by atoms with Crippen LogP contribution < -0.4 is 5.32 Å². The number of nitriles is 1. The van der Waals surface area contributed by atoms with Crippen molar-refractivity contribution in [1.29, 1.82) is 5.26 Å². The number of nitrogens with zero attached hydrogens (tertiary/aromatic N) is 3. The minimum absolute atomic E-state index is 0.127. The van der Waals surface area contributed by atoms with Crippen molar-refractivity contribution < 1.29 is 4.79 Å². The second-order valence-electron chi connectivity index (χ2n) is 5.81. The van der Waals surface area contributed by atoms with Crippen LogP contribution in [0.1, 0.15) is 42.3 Å². The molecule has 0 radical (unpaired) electrons. The van der Waals surface area contributed by atoms with Crippen molar-refractivity contribution in [2.45, 2.75) is 49.8 Å². The van der Waals surface area contributed by atoms with Crippen LogP contribution in [0.25, 0.3) is 0 Å². The number of hydrogen-bond donors (Lipinski definition) is 1. The molecule has 0 spiro atoms. The highest BCUT2D eigenvalue weighted by Crippen LogP contribution is 2.30. The maximum Gasteiger partial charge on any atom is 0.239 e. The molecular formula is C17H18N4OS2. The lowest BCUT2D eigenvalue weighted by Gasteiger charge is -2.17. The number of amides is 1. The summed E-state index contributed by atoms with van der Waals surface area (Å²) < 4.78 is 0. The van der Waals surface area contributed by atoms with Crippen LogP contribution in [-0.2, 0) is 17.6 Å². The summed E-state index contributed by atoms with van der Waals surface area (Å²) in [7, 11) is 0. The highest BCUT2D eigenvalue weighted by atomic mass is 32.2.